The summed E-state index contributed by atoms with van der Waals surface area (Å²) in [7, 11) is 0. The van der Waals surface area contributed by atoms with Crippen molar-refractivity contribution in [3.8, 4) is 0 Å². The number of hydrogen-bond donors (Lipinski definition) is 3. The van der Waals surface area contributed by atoms with Crippen molar-refractivity contribution in [1.29, 1.82) is 0 Å². The van der Waals surface area contributed by atoms with Gasteiger partial charge < -0.3 is 15.7 Å². The molecule has 0 bridgehead atoms. The molecule has 1 atom stereocenters. The number of nitrogens with one attached hydrogen (secondary N) is 2. The number of benzene rings is 1. The van der Waals surface area contributed by atoms with Gasteiger partial charge in [-0.25, -0.2) is 9.59 Å². The van der Waals surface area contributed by atoms with Crippen LogP contribution in [0.5, 0.6) is 0 Å². The molecule has 0 aromatic heterocycles. The highest BCUT2D eigenvalue weighted by molar-refractivity contribution is 6.34. The molecule has 1 aromatic rings. The Bertz CT molecular complexity index is 529. The van der Waals surface area contributed by atoms with Crippen molar-refractivity contribution in [2.45, 2.75) is 19.8 Å². The van der Waals surface area contributed by atoms with Gasteiger partial charge >= 0.3 is 12.0 Å². The first-order valence-corrected chi connectivity index (χ1v) is 6.93. The highest BCUT2D eigenvalue weighted by atomic mass is 35.5. The average molecular weight is 297 g/mol. The summed E-state index contributed by atoms with van der Waals surface area (Å²) in [6.07, 6.45) is 2.49. The van der Waals surface area contributed by atoms with Gasteiger partial charge in [-0.05, 0) is 42.9 Å². The molecule has 5 nitrogen and oxygen atoms in total. The van der Waals surface area contributed by atoms with E-state index in [1.165, 1.54) is 31.0 Å². The van der Waals surface area contributed by atoms with Crippen molar-refractivity contribution < 1.29 is 14.7 Å². The number of carboxylic acid groups (broad SMARTS) is 1. The van der Waals surface area contributed by atoms with Gasteiger partial charge in [0.1, 0.15) is 0 Å². The number of hydrogen-bond acceptors (Lipinski definition) is 2. The Morgan fingerprint density at radius 3 is 2.70 bits per heavy atom. The largest absolute Gasteiger partial charge is 0.478 e. The topological polar surface area (TPSA) is 78.4 Å². The first kappa shape index (κ1) is 14.7. The van der Waals surface area contributed by atoms with Gasteiger partial charge in [0.05, 0.1) is 16.3 Å². The Hall–Kier alpha value is -1.75. The molecule has 1 aliphatic carbocycles. The fourth-order valence-corrected chi connectivity index (χ4v) is 2.23. The first-order valence-electron chi connectivity index (χ1n) is 6.55. The van der Waals surface area contributed by atoms with Gasteiger partial charge in [-0.2, -0.15) is 0 Å². The SMILES string of the molecule is CC(CNC(=O)Nc1ccc(C(=O)O)cc1Cl)C1CC1. The number of carbonyl (C=O) groups excluding carboxylic acids is 1. The van der Waals surface area contributed by atoms with E-state index in [2.05, 4.69) is 17.6 Å². The van der Waals surface area contributed by atoms with E-state index in [-0.39, 0.29) is 16.6 Å². The normalized spacial score (nSPS) is 15.5. The number of aromatic carboxylic acids is 1. The summed E-state index contributed by atoms with van der Waals surface area (Å²) in [6.45, 7) is 2.74. The van der Waals surface area contributed by atoms with Gasteiger partial charge in [-0.15, -0.1) is 0 Å². The molecule has 2 rings (SSSR count). The third-order valence-corrected chi connectivity index (χ3v) is 3.79. The lowest BCUT2D eigenvalue weighted by molar-refractivity contribution is 0.0697. The van der Waals surface area contributed by atoms with E-state index >= 15 is 0 Å². The minimum atomic E-state index is -1.05. The summed E-state index contributed by atoms with van der Waals surface area (Å²) in [5.41, 5.74) is 0.483. The number of amides is 2. The molecule has 1 unspecified atom stereocenters. The second kappa shape index (κ2) is 6.13. The molecule has 2 amide bonds. The average Bonchev–Trinajstić information content (AvgIpc) is 3.22. The van der Waals surface area contributed by atoms with Crippen LogP contribution in [0.2, 0.25) is 5.02 Å². The number of halogens is 1. The van der Waals surface area contributed by atoms with E-state index in [0.717, 1.165) is 5.92 Å². The van der Waals surface area contributed by atoms with Gasteiger partial charge in [0.25, 0.3) is 0 Å². The predicted molar refractivity (Wildman–Crippen MR) is 77.3 cm³/mol. The van der Waals surface area contributed by atoms with Crippen LogP contribution in [0.15, 0.2) is 18.2 Å². The fraction of sp³-hybridized carbons (Fsp3) is 0.429. The van der Waals surface area contributed by atoms with E-state index in [1.807, 2.05) is 0 Å². The molecule has 0 heterocycles. The van der Waals surface area contributed by atoms with Gasteiger partial charge in [0, 0.05) is 6.54 Å². The van der Waals surface area contributed by atoms with E-state index in [9.17, 15) is 9.59 Å². The number of carbonyl (C=O) groups is 2. The standard InChI is InChI=1S/C14H17ClN2O3/c1-8(9-2-3-9)7-16-14(20)17-12-5-4-10(13(18)19)6-11(12)15/h4-6,8-9H,2-3,7H2,1H3,(H,18,19)(H2,16,17,20). The number of carboxylic acids is 1. The van der Waals surface area contributed by atoms with Crippen molar-refractivity contribution in [2.24, 2.45) is 11.8 Å². The van der Waals surface area contributed by atoms with Gasteiger partial charge in [-0.3, -0.25) is 0 Å². The van der Waals surface area contributed by atoms with Crippen molar-refractivity contribution >= 4 is 29.3 Å². The molecule has 0 radical (unpaired) electrons. The zero-order valence-corrected chi connectivity index (χ0v) is 11.9. The molecule has 0 aliphatic heterocycles. The Labute approximate surface area is 122 Å². The lowest BCUT2D eigenvalue weighted by Crippen LogP contribution is -2.33. The van der Waals surface area contributed by atoms with Crippen LogP contribution in [0.4, 0.5) is 10.5 Å². The molecule has 20 heavy (non-hydrogen) atoms. The number of urea groups is 1. The maximum atomic E-state index is 11.7. The minimum Gasteiger partial charge on any atom is -0.478 e. The summed E-state index contributed by atoms with van der Waals surface area (Å²) in [6, 6.07) is 3.86. The first-order chi connectivity index (χ1) is 9.47. The van der Waals surface area contributed by atoms with Gasteiger partial charge in [0.2, 0.25) is 0 Å². The Kier molecular flexibility index (Phi) is 4.49. The Morgan fingerprint density at radius 2 is 2.15 bits per heavy atom. The quantitative estimate of drug-likeness (QED) is 0.780. The third-order valence-electron chi connectivity index (χ3n) is 3.48. The molecule has 1 fully saturated rings. The van der Waals surface area contributed by atoms with E-state index in [1.54, 1.807) is 0 Å². The maximum absolute atomic E-state index is 11.7. The van der Waals surface area contributed by atoms with Crippen LogP contribution < -0.4 is 10.6 Å². The lowest BCUT2D eigenvalue weighted by atomic mass is 10.1. The molecular formula is C14H17ClN2O3. The molecule has 3 N–H and O–H groups in total. The second-order valence-corrected chi connectivity index (χ2v) is 5.56. The lowest BCUT2D eigenvalue weighted by Gasteiger charge is -2.13. The summed E-state index contributed by atoms with van der Waals surface area (Å²) in [5, 5.41) is 14.4. The van der Waals surface area contributed by atoms with Crippen molar-refractivity contribution in [3.05, 3.63) is 28.8 Å². The van der Waals surface area contributed by atoms with Crippen LogP contribution in [-0.2, 0) is 0 Å². The van der Waals surface area contributed by atoms with E-state index < -0.39 is 5.97 Å². The van der Waals surface area contributed by atoms with Crippen LogP contribution in [0.1, 0.15) is 30.1 Å². The van der Waals surface area contributed by atoms with Crippen LogP contribution in [0, 0.1) is 11.8 Å². The number of anilines is 1. The molecule has 1 aliphatic rings. The van der Waals surface area contributed by atoms with Crippen LogP contribution >= 0.6 is 11.6 Å². The molecule has 1 saturated carbocycles. The van der Waals surface area contributed by atoms with Crippen LogP contribution in [0.3, 0.4) is 0 Å². The maximum Gasteiger partial charge on any atom is 0.335 e. The highest BCUT2D eigenvalue weighted by Crippen LogP contribution is 2.36. The monoisotopic (exact) mass is 296 g/mol. The third kappa shape index (κ3) is 3.87. The summed E-state index contributed by atoms with van der Waals surface area (Å²) in [5.74, 6) is 0.153. The Morgan fingerprint density at radius 1 is 1.45 bits per heavy atom. The van der Waals surface area contributed by atoms with Crippen LogP contribution in [0.25, 0.3) is 0 Å². The summed E-state index contributed by atoms with van der Waals surface area (Å²) < 4.78 is 0. The summed E-state index contributed by atoms with van der Waals surface area (Å²) in [4.78, 5) is 22.5. The zero-order chi connectivity index (χ0) is 14.7. The molecule has 6 heteroatoms. The number of rotatable bonds is 5. The van der Waals surface area contributed by atoms with Crippen molar-refractivity contribution in [2.75, 3.05) is 11.9 Å². The fourth-order valence-electron chi connectivity index (χ4n) is 2.00. The molecule has 0 spiro atoms. The second-order valence-electron chi connectivity index (χ2n) is 5.15. The molecule has 1 aromatic carbocycles. The molecule has 108 valence electrons. The molecule has 0 saturated heterocycles. The van der Waals surface area contributed by atoms with Gasteiger partial charge in [-0.1, -0.05) is 18.5 Å². The van der Waals surface area contributed by atoms with Crippen molar-refractivity contribution in [3.63, 3.8) is 0 Å². The smallest absolute Gasteiger partial charge is 0.335 e. The zero-order valence-electron chi connectivity index (χ0n) is 11.1. The van der Waals surface area contributed by atoms with Crippen LogP contribution in [-0.4, -0.2) is 23.7 Å². The van der Waals surface area contributed by atoms with Crippen molar-refractivity contribution in [1.82, 2.24) is 5.32 Å². The summed E-state index contributed by atoms with van der Waals surface area (Å²) >= 11 is 5.93. The molecular weight excluding hydrogens is 280 g/mol. The van der Waals surface area contributed by atoms with E-state index in [0.29, 0.717) is 18.2 Å². The van der Waals surface area contributed by atoms with Gasteiger partial charge in [0.15, 0.2) is 0 Å². The Balaban J connectivity index is 1.88. The predicted octanol–water partition coefficient (Wildman–Crippen LogP) is 3.21. The van der Waals surface area contributed by atoms with E-state index in [4.69, 9.17) is 16.7 Å². The minimum absolute atomic E-state index is 0.0864. The highest BCUT2D eigenvalue weighted by Gasteiger charge is 2.27.